The summed E-state index contributed by atoms with van der Waals surface area (Å²) < 4.78 is 0. The second-order valence-electron chi connectivity index (χ2n) is 5.31. The summed E-state index contributed by atoms with van der Waals surface area (Å²) in [5.41, 5.74) is 0. The number of rotatable bonds is 3. The quantitative estimate of drug-likeness (QED) is 0.755. The average molecular weight is 255 g/mol. The highest BCUT2D eigenvalue weighted by Gasteiger charge is 2.33. The lowest BCUT2D eigenvalue weighted by Crippen LogP contribution is -2.58. The Kier molecular flexibility index (Phi) is 4.97. The van der Waals surface area contributed by atoms with Gasteiger partial charge in [-0.1, -0.05) is 6.92 Å². The third-order valence-corrected chi connectivity index (χ3v) is 4.28. The van der Waals surface area contributed by atoms with E-state index in [9.17, 15) is 9.90 Å². The summed E-state index contributed by atoms with van der Waals surface area (Å²) in [4.78, 5) is 16.0. The fraction of sp³-hybridized carbons (Fsp3) is 0.923. The van der Waals surface area contributed by atoms with Crippen molar-refractivity contribution in [1.82, 2.24) is 15.1 Å². The molecule has 2 saturated heterocycles. The van der Waals surface area contributed by atoms with Crippen LogP contribution in [0.1, 0.15) is 26.2 Å². The van der Waals surface area contributed by atoms with Crippen LogP contribution >= 0.6 is 0 Å². The van der Waals surface area contributed by atoms with E-state index < -0.39 is 5.97 Å². The molecule has 2 aliphatic rings. The van der Waals surface area contributed by atoms with Gasteiger partial charge in [-0.25, -0.2) is 0 Å². The molecule has 0 amide bonds. The van der Waals surface area contributed by atoms with Crippen LogP contribution in [0.4, 0.5) is 0 Å². The molecule has 2 unspecified atom stereocenters. The third kappa shape index (κ3) is 3.22. The lowest BCUT2D eigenvalue weighted by molar-refractivity contribution is -0.145. The molecule has 2 atom stereocenters. The Morgan fingerprint density at radius 2 is 2.17 bits per heavy atom. The summed E-state index contributed by atoms with van der Waals surface area (Å²) in [6.45, 7) is 7.95. The topological polar surface area (TPSA) is 55.8 Å². The maximum absolute atomic E-state index is 11.3. The second-order valence-corrected chi connectivity index (χ2v) is 5.31. The number of nitrogens with zero attached hydrogens (tertiary/aromatic N) is 2. The smallest absolute Gasteiger partial charge is 0.322 e. The van der Waals surface area contributed by atoms with Gasteiger partial charge in [-0.15, -0.1) is 0 Å². The van der Waals surface area contributed by atoms with Crippen LogP contribution in [0.3, 0.4) is 0 Å². The van der Waals surface area contributed by atoms with Crippen molar-refractivity contribution in [3.05, 3.63) is 0 Å². The Balaban J connectivity index is 1.97. The molecular weight excluding hydrogens is 230 g/mol. The lowest BCUT2D eigenvalue weighted by Gasteiger charge is -2.39. The van der Waals surface area contributed by atoms with Crippen LogP contribution in [0.15, 0.2) is 0 Å². The Morgan fingerprint density at radius 3 is 2.89 bits per heavy atom. The van der Waals surface area contributed by atoms with Gasteiger partial charge in [0.1, 0.15) is 6.04 Å². The van der Waals surface area contributed by atoms with E-state index in [0.717, 1.165) is 45.6 Å². The number of carbonyl (C=O) groups is 1. The summed E-state index contributed by atoms with van der Waals surface area (Å²) in [7, 11) is 0. The number of hydrogen-bond acceptors (Lipinski definition) is 4. The van der Waals surface area contributed by atoms with Crippen molar-refractivity contribution in [3.63, 3.8) is 0 Å². The van der Waals surface area contributed by atoms with Crippen molar-refractivity contribution >= 4 is 5.97 Å². The van der Waals surface area contributed by atoms with Crippen molar-refractivity contribution in [3.8, 4) is 0 Å². The molecule has 2 rings (SSSR count). The van der Waals surface area contributed by atoms with Crippen LogP contribution < -0.4 is 5.32 Å². The maximum Gasteiger partial charge on any atom is 0.322 e. The van der Waals surface area contributed by atoms with E-state index in [1.807, 2.05) is 0 Å². The zero-order valence-electron chi connectivity index (χ0n) is 11.3. The molecule has 0 bridgehead atoms. The Hall–Kier alpha value is -0.650. The number of carboxylic acids is 1. The van der Waals surface area contributed by atoms with Gasteiger partial charge in [-0.05, 0) is 38.9 Å². The minimum atomic E-state index is -0.682. The molecule has 0 aromatic carbocycles. The first kappa shape index (κ1) is 13.8. The fourth-order valence-corrected chi connectivity index (χ4v) is 3.17. The SMILES string of the molecule is CCN1CCCC(N2CCNCC2C(=O)O)CC1. The summed E-state index contributed by atoms with van der Waals surface area (Å²) in [5, 5.41) is 12.5. The molecule has 0 radical (unpaired) electrons. The monoisotopic (exact) mass is 255 g/mol. The minimum Gasteiger partial charge on any atom is -0.480 e. The van der Waals surface area contributed by atoms with E-state index in [2.05, 4.69) is 22.0 Å². The van der Waals surface area contributed by atoms with E-state index in [1.165, 1.54) is 6.42 Å². The van der Waals surface area contributed by atoms with E-state index in [0.29, 0.717) is 12.6 Å². The summed E-state index contributed by atoms with van der Waals surface area (Å²) >= 11 is 0. The van der Waals surface area contributed by atoms with Crippen molar-refractivity contribution in [1.29, 1.82) is 0 Å². The number of piperazine rings is 1. The molecule has 104 valence electrons. The van der Waals surface area contributed by atoms with E-state index >= 15 is 0 Å². The summed E-state index contributed by atoms with van der Waals surface area (Å²) in [5.74, 6) is -0.682. The normalized spacial score (nSPS) is 32.1. The second kappa shape index (κ2) is 6.50. The largest absolute Gasteiger partial charge is 0.480 e. The molecule has 5 nitrogen and oxygen atoms in total. The average Bonchev–Trinajstić information content (AvgIpc) is 2.63. The lowest BCUT2D eigenvalue weighted by atomic mass is 10.0. The van der Waals surface area contributed by atoms with Gasteiger partial charge in [0.2, 0.25) is 0 Å². The van der Waals surface area contributed by atoms with Gasteiger partial charge in [0.25, 0.3) is 0 Å². The van der Waals surface area contributed by atoms with Gasteiger partial charge < -0.3 is 15.3 Å². The van der Waals surface area contributed by atoms with Crippen LogP contribution in [0.25, 0.3) is 0 Å². The van der Waals surface area contributed by atoms with Crippen LogP contribution in [0.5, 0.6) is 0 Å². The standard InChI is InChI=1S/C13H25N3O2/c1-2-15-7-3-4-11(5-8-15)16-9-6-14-10-12(16)13(17)18/h11-12,14H,2-10H2,1H3,(H,17,18). The molecule has 5 heteroatoms. The van der Waals surface area contributed by atoms with Crippen molar-refractivity contribution in [2.24, 2.45) is 0 Å². The van der Waals surface area contributed by atoms with E-state index in [-0.39, 0.29) is 6.04 Å². The van der Waals surface area contributed by atoms with Crippen LogP contribution in [0.2, 0.25) is 0 Å². The van der Waals surface area contributed by atoms with Crippen LogP contribution in [0, 0.1) is 0 Å². The highest BCUT2D eigenvalue weighted by molar-refractivity contribution is 5.74. The first-order valence-electron chi connectivity index (χ1n) is 7.14. The number of nitrogens with one attached hydrogen (secondary N) is 1. The molecule has 2 aliphatic heterocycles. The molecule has 2 fully saturated rings. The highest BCUT2D eigenvalue weighted by atomic mass is 16.4. The van der Waals surface area contributed by atoms with Gasteiger partial charge in [0, 0.05) is 25.7 Å². The number of carboxylic acid groups (broad SMARTS) is 1. The number of aliphatic carboxylic acids is 1. The number of likely N-dealkylation sites (tertiary alicyclic amines) is 1. The van der Waals surface area contributed by atoms with Gasteiger partial charge in [0.05, 0.1) is 0 Å². The van der Waals surface area contributed by atoms with Crippen molar-refractivity contribution in [2.45, 2.75) is 38.3 Å². The molecule has 0 aromatic rings. The van der Waals surface area contributed by atoms with E-state index in [1.54, 1.807) is 0 Å². The van der Waals surface area contributed by atoms with Gasteiger partial charge >= 0.3 is 5.97 Å². The van der Waals surface area contributed by atoms with Gasteiger partial charge in [0.15, 0.2) is 0 Å². The summed E-state index contributed by atoms with van der Waals surface area (Å²) in [6.07, 6.45) is 3.44. The highest BCUT2D eigenvalue weighted by Crippen LogP contribution is 2.20. The molecule has 0 aliphatic carbocycles. The molecule has 0 aromatic heterocycles. The Labute approximate surface area is 109 Å². The molecule has 0 saturated carbocycles. The summed E-state index contributed by atoms with van der Waals surface area (Å²) in [6, 6.07) is 0.113. The third-order valence-electron chi connectivity index (χ3n) is 4.28. The van der Waals surface area contributed by atoms with Gasteiger partial charge in [-0.3, -0.25) is 9.69 Å². The molecule has 0 spiro atoms. The minimum absolute atomic E-state index is 0.336. The molecule has 2 N–H and O–H groups in total. The van der Waals surface area contributed by atoms with Crippen molar-refractivity contribution in [2.75, 3.05) is 39.3 Å². The maximum atomic E-state index is 11.3. The van der Waals surface area contributed by atoms with E-state index in [4.69, 9.17) is 0 Å². The zero-order valence-corrected chi connectivity index (χ0v) is 11.3. The predicted molar refractivity (Wildman–Crippen MR) is 70.8 cm³/mol. The zero-order chi connectivity index (χ0) is 13.0. The predicted octanol–water partition coefficient (Wildman–Crippen LogP) is 0.219. The first-order valence-corrected chi connectivity index (χ1v) is 7.14. The van der Waals surface area contributed by atoms with Crippen LogP contribution in [-0.4, -0.2) is 72.2 Å². The Morgan fingerprint density at radius 1 is 1.33 bits per heavy atom. The van der Waals surface area contributed by atoms with Gasteiger partial charge in [-0.2, -0.15) is 0 Å². The first-order chi connectivity index (χ1) is 8.72. The molecule has 2 heterocycles. The number of hydrogen-bond donors (Lipinski definition) is 2. The fourth-order valence-electron chi connectivity index (χ4n) is 3.17. The molecule has 18 heavy (non-hydrogen) atoms. The molecular formula is C13H25N3O2. The van der Waals surface area contributed by atoms with Crippen LogP contribution in [-0.2, 0) is 4.79 Å². The van der Waals surface area contributed by atoms with Crippen molar-refractivity contribution < 1.29 is 9.90 Å². The Bertz CT molecular complexity index is 285.